The first-order chi connectivity index (χ1) is 15.9. The van der Waals surface area contributed by atoms with Crippen LogP contribution in [0.1, 0.15) is 29.8 Å². The number of aromatic nitrogens is 2. The number of rotatable bonds is 9. The van der Waals surface area contributed by atoms with Crippen molar-refractivity contribution in [2.75, 3.05) is 19.5 Å². The van der Waals surface area contributed by atoms with Crippen molar-refractivity contribution in [2.24, 2.45) is 0 Å². The lowest BCUT2D eigenvalue weighted by Gasteiger charge is -2.13. The van der Waals surface area contributed by atoms with Gasteiger partial charge in [0.25, 0.3) is 5.91 Å². The standard InChI is InChI=1S/C24H25N3O6/c1-15(2)32-21-12-17(13-22(27-21)33-19-8-6-18(30-3)7-9-19)24(29)26-20-10-5-16(14-25-20)11-23(28)31-4/h5-10,12-15H,11H2,1-4H3,(H,25,26,29). The third kappa shape index (κ3) is 6.93. The molecule has 2 aromatic heterocycles. The zero-order chi connectivity index (χ0) is 23.8. The van der Waals surface area contributed by atoms with Crippen LogP contribution in [0.4, 0.5) is 5.82 Å². The van der Waals surface area contributed by atoms with Crippen LogP contribution in [-0.2, 0) is 16.0 Å². The van der Waals surface area contributed by atoms with E-state index in [1.807, 2.05) is 13.8 Å². The number of carbonyl (C=O) groups excluding carboxylic acids is 2. The molecule has 0 bridgehead atoms. The molecule has 0 saturated heterocycles. The number of nitrogens with zero attached hydrogens (tertiary/aromatic N) is 2. The molecule has 3 aromatic rings. The highest BCUT2D eigenvalue weighted by Crippen LogP contribution is 2.26. The highest BCUT2D eigenvalue weighted by Gasteiger charge is 2.14. The fourth-order valence-corrected chi connectivity index (χ4v) is 2.76. The summed E-state index contributed by atoms with van der Waals surface area (Å²) in [5.74, 6) is 1.21. The van der Waals surface area contributed by atoms with Crippen molar-refractivity contribution < 1.29 is 28.5 Å². The Kier molecular flexibility index (Phi) is 7.80. The van der Waals surface area contributed by atoms with Gasteiger partial charge in [0.1, 0.15) is 17.3 Å². The van der Waals surface area contributed by atoms with Crippen molar-refractivity contribution in [3.8, 4) is 23.3 Å². The van der Waals surface area contributed by atoms with Gasteiger partial charge in [-0.05, 0) is 49.7 Å². The van der Waals surface area contributed by atoms with E-state index >= 15 is 0 Å². The predicted molar refractivity (Wildman–Crippen MR) is 121 cm³/mol. The van der Waals surface area contributed by atoms with E-state index in [9.17, 15) is 9.59 Å². The first-order valence-corrected chi connectivity index (χ1v) is 10.2. The van der Waals surface area contributed by atoms with Crippen molar-refractivity contribution in [1.82, 2.24) is 9.97 Å². The van der Waals surface area contributed by atoms with Gasteiger partial charge < -0.3 is 24.3 Å². The Labute approximate surface area is 191 Å². The number of pyridine rings is 2. The van der Waals surface area contributed by atoms with Gasteiger partial charge in [-0.2, -0.15) is 4.98 Å². The second-order valence-electron chi connectivity index (χ2n) is 7.24. The van der Waals surface area contributed by atoms with E-state index in [2.05, 4.69) is 20.0 Å². The summed E-state index contributed by atoms with van der Waals surface area (Å²) in [7, 11) is 2.90. The normalized spacial score (nSPS) is 10.5. The molecule has 0 atom stereocenters. The van der Waals surface area contributed by atoms with Crippen LogP contribution in [0.15, 0.2) is 54.7 Å². The molecule has 1 N–H and O–H groups in total. The van der Waals surface area contributed by atoms with Gasteiger partial charge in [0, 0.05) is 18.3 Å². The smallest absolute Gasteiger partial charge is 0.310 e. The summed E-state index contributed by atoms with van der Waals surface area (Å²) in [5.41, 5.74) is 0.955. The van der Waals surface area contributed by atoms with Gasteiger partial charge in [0.15, 0.2) is 0 Å². The third-order valence-electron chi connectivity index (χ3n) is 4.32. The predicted octanol–water partition coefficient (Wildman–Crippen LogP) is 4.03. The molecule has 1 aromatic carbocycles. The summed E-state index contributed by atoms with van der Waals surface area (Å²) >= 11 is 0. The molecule has 1 amide bonds. The third-order valence-corrected chi connectivity index (χ3v) is 4.32. The summed E-state index contributed by atoms with van der Waals surface area (Å²) in [4.78, 5) is 32.8. The quantitative estimate of drug-likeness (QED) is 0.486. The van der Waals surface area contributed by atoms with Crippen LogP contribution in [0.25, 0.3) is 0 Å². The zero-order valence-corrected chi connectivity index (χ0v) is 18.8. The van der Waals surface area contributed by atoms with Crippen molar-refractivity contribution in [1.29, 1.82) is 0 Å². The minimum Gasteiger partial charge on any atom is -0.497 e. The summed E-state index contributed by atoms with van der Waals surface area (Å²) < 4.78 is 21.3. The molecule has 33 heavy (non-hydrogen) atoms. The molecule has 2 heterocycles. The lowest BCUT2D eigenvalue weighted by Crippen LogP contribution is -2.15. The summed E-state index contributed by atoms with van der Waals surface area (Å²) in [6.07, 6.45) is 1.46. The van der Waals surface area contributed by atoms with Crippen LogP contribution < -0.4 is 19.5 Å². The average molecular weight is 451 g/mol. The van der Waals surface area contributed by atoms with Crippen LogP contribution >= 0.6 is 0 Å². The number of nitrogens with one attached hydrogen (secondary N) is 1. The van der Waals surface area contributed by atoms with Gasteiger partial charge in [0.2, 0.25) is 11.8 Å². The minimum atomic E-state index is -0.418. The second kappa shape index (κ2) is 10.9. The van der Waals surface area contributed by atoms with Crippen LogP contribution in [0.5, 0.6) is 23.3 Å². The van der Waals surface area contributed by atoms with E-state index in [0.717, 1.165) is 0 Å². The number of anilines is 1. The SMILES string of the molecule is COC(=O)Cc1ccc(NC(=O)c2cc(Oc3ccc(OC)cc3)nc(OC(C)C)c2)nc1. The Bertz CT molecular complexity index is 1100. The van der Waals surface area contributed by atoms with Crippen LogP contribution in [0, 0.1) is 0 Å². The molecule has 0 saturated carbocycles. The first-order valence-electron chi connectivity index (χ1n) is 10.2. The number of hydrogen-bond donors (Lipinski definition) is 1. The van der Waals surface area contributed by atoms with Gasteiger partial charge >= 0.3 is 5.97 Å². The van der Waals surface area contributed by atoms with Crippen molar-refractivity contribution in [3.05, 3.63) is 65.9 Å². The lowest BCUT2D eigenvalue weighted by atomic mass is 10.2. The molecule has 0 fully saturated rings. The molecular weight excluding hydrogens is 426 g/mol. The number of benzene rings is 1. The van der Waals surface area contributed by atoms with Crippen molar-refractivity contribution in [3.63, 3.8) is 0 Å². The molecule has 0 aliphatic heterocycles. The Morgan fingerprint density at radius 3 is 2.27 bits per heavy atom. The number of hydrogen-bond acceptors (Lipinski definition) is 8. The maximum absolute atomic E-state index is 12.9. The maximum atomic E-state index is 12.9. The van der Waals surface area contributed by atoms with Gasteiger partial charge in [0.05, 0.1) is 32.3 Å². The monoisotopic (exact) mass is 451 g/mol. The van der Waals surface area contributed by atoms with E-state index in [1.165, 1.54) is 25.4 Å². The largest absolute Gasteiger partial charge is 0.497 e. The fourth-order valence-electron chi connectivity index (χ4n) is 2.76. The van der Waals surface area contributed by atoms with Gasteiger partial charge in [-0.15, -0.1) is 0 Å². The highest BCUT2D eigenvalue weighted by molar-refractivity contribution is 6.04. The number of esters is 1. The van der Waals surface area contributed by atoms with Crippen LogP contribution in [-0.4, -0.2) is 42.2 Å². The summed E-state index contributed by atoms with van der Waals surface area (Å²) in [5, 5.41) is 2.72. The van der Waals surface area contributed by atoms with E-state index < -0.39 is 5.91 Å². The lowest BCUT2D eigenvalue weighted by molar-refractivity contribution is -0.139. The Hall–Kier alpha value is -4.14. The molecule has 0 radical (unpaired) electrons. The maximum Gasteiger partial charge on any atom is 0.310 e. The van der Waals surface area contributed by atoms with Gasteiger partial charge in [-0.3, -0.25) is 9.59 Å². The summed E-state index contributed by atoms with van der Waals surface area (Å²) in [6.45, 7) is 3.72. The Morgan fingerprint density at radius 1 is 0.970 bits per heavy atom. The second-order valence-corrected chi connectivity index (χ2v) is 7.24. The molecule has 0 aliphatic rings. The van der Waals surface area contributed by atoms with E-state index in [1.54, 1.807) is 43.5 Å². The Balaban J connectivity index is 1.78. The van der Waals surface area contributed by atoms with E-state index in [-0.39, 0.29) is 35.8 Å². The molecule has 0 unspecified atom stereocenters. The van der Waals surface area contributed by atoms with Gasteiger partial charge in [-0.1, -0.05) is 6.07 Å². The van der Waals surface area contributed by atoms with E-state index in [4.69, 9.17) is 14.2 Å². The fraction of sp³-hybridized carbons (Fsp3) is 0.250. The number of carbonyl (C=O) groups is 2. The molecule has 9 nitrogen and oxygen atoms in total. The average Bonchev–Trinajstić information content (AvgIpc) is 2.80. The van der Waals surface area contributed by atoms with Gasteiger partial charge in [-0.25, -0.2) is 4.98 Å². The molecule has 9 heteroatoms. The number of amides is 1. The van der Waals surface area contributed by atoms with E-state index in [0.29, 0.717) is 22.9 Å². The Morgan fingerprint density at radius 2 is 1.67 bits per heavy atom. The van der Waals surface area contributed by atoms with Crippen LogP contribution in [0.2, 0.25) is 0 Å². The van der Waals surface area contributed by atoms with Crippen molar-refractivity contribution >= 4 is 17.7 Å². The first kappa shape index (κ1) is 23.5. The molecule has 172 valence electrons. The molecule has 0 spiro atoms. The zero-order valence-electron chi connectivity index (χ0n) is 18.8. The molecule has 0 aliphatic carbocycles. The molecular formula is C24H25N3O6. The number of ether oxygens (including phenoxy) is 4. The minimum absolute atomic E-state index is 0.101. The molecule has 3 rings (SSSR count). The van der Waals surface area contributed by atoms with Crippen LogP contribution in [0.3, 0.4) is 0 Å². The van der Waals surface area contributed by atoms with Crippen molar-refractivity contribution in [2.45, 2.75) is 26.4 Å². The number of methoxy groups -OCH3 is 2. The summed E-state index contributed by atoms with van der Waals surface area (Å²) in [6, 6.07) is 13.3. The topological polar surface area (TPSA) is 109 Å². The highest BCUT2D eigenvalue weighted by atomic mass is 16.5.